The summed E-state index contributed by atoms with van der Waals surface area (Å²) in [5.74, 6) is 0.547. The molecule has 0 heterocycles. The summed E-state index contributed by atoms with van der Waals surface area (Å²) in [5.41, 5.74) is 1.01. The highest BCUT2D eigenvalue weighted by molar-refractivity contribution is 5.75. The number of nitro benzene ring substituents is 1. The predicted molar refractivity (Wildman–Crippen MR) is 59.8 cm³/mol. The van der Waals surface area contributed by atoms with Crippen LogP contribution < -0.4 is 4.74 Å². The number of nitrogens with zero attached hydrogens (tertiary/aromatic N) is 1. The van der Waals surface area contributed by atoms with Crippen molar-refractivity contribution < 1.29 is 9.66 Å². The molecule has 0 aliphatic rings. The van der Waals surface area contributed by atoms with Gasteiger partial charge in [0.2, 0.25) is 0 Å². The highest BCUT2D eigenvalue weighted by Crippen LogP contribution is 2.31. The maximum absolute atomic E-state index is 10.7. The molecule has 0 radical (unpaired) electrons. The molecular formula is C11H11NO3. The standard InChI is InChI=1S/C11H11NO3/c1-4-8-9(5-2)11(15-3)7-6-10(8)12(13)14/h4-7H,1-2H2,3H3. The van der Waals surface area contributed by atoms with Gasteiger partial charge in [0.25, 0.3) is 5.69 Å². The lowest BCUT2D eigenvalue weighted by molar-refractivity contribution is -0.385. The molecule has 0 aliphatic heterocycles. The van der Waals surface area contributed by atoms with Crippen LogP contribution in [0.5, 0.6) is 5.75 Å². The molecule has 4 nitrogen and oxygen atoms in total. The minimum Gasteiger partial charge on any atom is -0.496 e. The summed E-state index contributed by atoms with van der Waals surface area (Å²) >= 11 is 0. The van der Waals surface area contributed by atoms with Gasteiger partial charge in [0.1, 0.15) is 5.75 Å². The molecule has 0 saturated heterocycles. The van der Waals surface area contributed by atoms with Crippen LogP contribution in [0, 0.1) is 10.1 Å². The minimum atomic E-state index is -0.455. The fraction of sp³-hybridized carbons (Fsp3) is 0.0909. The van der Waals surface area contributed by atoms with E-state index in [0.29, 0.717) is 16.9 Å². The first-order valence-corrected chi connectivity index (χ1v) is 4.26. The molecule has 1 aromatic carbocycles. The largest absolute Gasteiger partial charge is 0.496 e. The summed E-state index contributed by atoms with van der Waals surface area (Å²) in [5, 5.41) is 10.7. The normalized spacial score (nSPS) is 9.40. The summed E-state index contributed by atoms with van der Waals surface area (Å²) < 4.78 is 5.07. The van der Waals surface area contributed by atoms with E-state index in [0.717, 1.165) is 0 Å². The van der Waals surface area contributed by atoms with Crippen LogP contribution in [0.1, 0.15) is 11.1 Å². The molecule has 0 bridgehead atoms. The van der Waals surface area contributed by atoms with E-state index in [-0.39, 0.29) is 5.69 Å². The van der Waals surface area contributed by atoms with Crippen molar-refractivity contribution in [2.75, 3.05) is 7.11 Å². The third-order valence-corrected chi connectivity index (χ3v) is 2.05. The summed E-state index contributed by atoms with van der Waals surface area (Å²) in [6.45, 7) is 7.15. The van der Waals surface area contributed by atoms with Crippen LogP contribution in [-0.4, -0.2) is 12.0 Å². The first-order valence-electron chi connectivity index (χ1n) is 4.26. The first-order chi connectivity index (χ1) is 7.15. The molecule has 1 aromatic rings. The van der Waals surface area contributed by atoms with Gasteiger partial charge in [0.05, 0.1) is 17.6 Å². The van der Waals surface area contributed by atoms with Gasteiger partial charge in [-0.05, 0) is 6.07 Å². The fourth-order valence-corrected chi connectivity index (χ4v) is 1.37. The van der Waals surface area contributed by atoms with Crippen LogP contribution >= 0.6 is 0 Å². The zero-order valence-electron chi connectivity index (χ0n) is 8.40. The number of ether oxygens (including phenoxy) is 1. The molecule has 0 N–H and O–H groups in total. The third kappa shape index (κ3) is 1.88. The Bertz CT molecular complexity index is 424. The van der Waals surface area contributed by atoms with E-state index in [2.05, 4.69) is 13.2 Å². The lowest BCUT2D eigenvalue weighted by atomic mass is 10.0. The van der Waals surface area contributed by atoms with E-state index in [1.54, 1.807) is 6.07 Å². The van der Waals surface area contributed by atoms with E-state index < -0.39 is 4.92 Å². The molecule has 0 aromatic heterocycles. The van der Waals surface area contributed by atoms with Gasteiger partial charge in [0, 0.05) is 11.6 Å². The summed E-state index contributed by atoms with van der Waals surface area (Å²) in [6.07, 6.45) is 2.94. The summed E-state index contributed by atoms with van der Waals surface area (Å²) in [4.78, 5) is 10.3. The van der Waals surface area contributed by atoms with Crippen LogP contribution in [0.3, 0.4) is 0 Å². The SMILES string of the molecule is C=Cc1c(OC)ccc([N+](=O)[O-])c1C=C. The zero-order chi connectivity index (χ0) is 11.4. The molecule has 15 heavy (non-hydrogen) atoms. The number of benzene rings is 1. The van der Waals surface area contributed by atoms with Crippen molar-refractivity contribution in [1.29, 1.82) is 0 Å². The van der Waals surface area contributed by atoms with Gasteiger partial charge in [-0.15, -0.1) is 0 Å². The van der Waals surface area contributed by atoms with Gasteiger partial charge < -0.3 is 4.74 Å². The number of rotatable bonds is 4. The Kier molecular flexibility index (Phi) is 3.23. The smallest absolute Gasteiger partial charge is 0.277 e. The second-order valence-electron chi connectivity index (χ2n) is 2.78. The van der Waals surface area contributed by atoms with E-state index in [1.165, 1.54) is 25.3 Å². The Morgan fingerprint density at radius 1 is 1.33 bits per heavy atom. The van der Waals surface area contributed by atoms with Crippen molar-refractivity contribution in [2.45, 2.75) is 0 Å². The van der Waals surface area contributed by atoms with Crippen molar-refractivity contribution in [3.05, 3.63) is 46.5 Å². The molecule has 0 fully saturated rings. The molecule has 78 valence electrons. The van der Waals surface area contributed by atoms with Crippen molar-refractivity contribution in [1.82, 2.24) is 0 Å². The second-order valence-corrected chi connectivity index (χ2v) is 2.78. The lowest BCUT2D eigenvalue weighted by Gasteiger charge is -2.08. The van der Waals surface area contributed by atoms with Crippen LogP contribution in [0.25, 0.3) is 12.2 Å². The Morgan fingerprint density at radius 3 is 2.33 bits per heavy atom. The summed E-state index contributed by atoms with van der Waals surface area (Å²) in [7, 11) is 1.50. The van der Waals surface area contributed by atoms with E-state index >= 15 is 0 Å². The molecule has 0 atom stereocenters. The molecule has 4 heteroatoms. The zero-order valence-corrected chi connectivity index (χ0v) is 8.40. The van der Waals surface area contributed by atoms with Crippen LogP contribution in [-0.2, 0) is 0 Å². The van der Waals surface area contributed by atoms with Gasteiger partial charge in [0.15, 0.2) is 0 Å². The quantitative estimate of drug-likeness (QED) is 0.561. The van der Waals surface area contributed by atoms with Gasteiger partial charge in [-0.3, -0.25) is 10.1 Å². The van der Waals surface area contributed by atoms with Crippen molar-refractivity contribution in [3.63, 3.8) is 0 Å². The van der Waals surface area contributed by atoms with Crippen LogP contribution in [0.15, 0.2) is 25.3 Å². The monoisotopic (exact) mass is 205 g/mol. The van der Waals surface area contributed by atoms with E-state index in [1.807, 2.05) is 0 Å². The van der Waals surface area contributed by atoms with Crippen LogP contribution in [0.4, 0.5) is 5.69 Å². The third-order valence-electron chi connectivity index (χ3n) is 2.05. The van der Waals surface area contributed by atoms with Crippen molar-refractivity contribution in [2.24, 2.45) is 0 Å². The number of hydrogen-bond acceptors (Lipinski definition) is 3. The minimum absolute atomic E-state index is 0.000648. The molecule has 0 spiro atoms. The van der Waals surface area contributed by atoms with Gasteiger partial charge >= 0.3 is 0 Å². The number of nitro groups is 1. The molecule has 0 amide bonds. The number of hydrogen-bond donors (Lipinski definition) is 0. The Balaban J connectivity index is 3.54. The van der Waals surface area contributed by atoms with Crippen molar-refractivity contribution >= 4 is 17.8 Å². The second kappa shape index (κ2) is 4.41. The molecule has 0 saturated carbocycles. The number of methoxy groups -OCH3 is 1. The van der Waals surface area contributed by atoms with Crippen LogP contribution in [0.2, 0.25) is 0 Å². The Morgan fingerprint density at radius 2 is 1.93 bits per heavy atom. The lowest BCUT2D eigenvalue weighted by Crippen LogP contribution is -1.96. The molecule has 1 rings (SSSR count). The average Bonchev–Trinajstić information content (AvgIpc) is 2.26. The predicted octanol–water partition coefficient (Wildman–Crippen LogP) is 2.89. The topological polar surface area (TPSA) is 52.4 Å². The first kappa shape index (κ1) is 11.0. The van der Waals surface area contributed by atoms with Gasteiger partial charge in [-0.1, -0.05) is 25.3 Å². The van der Waals surface area contributed by atoms with Gasteiger partial charge in [-0.2, -0.15) is 0 Å². The molecular weight excluding hydrogens is 194 g/mol. The average molecular weight is 205 g/mol. The van der Waals surface area contributed by atoms with Gasteiger partial charge in [-0.25, -0.2) is 0 Å². The highest BCUT2D eigenvalue weighted by atomic mass is 16.6. The highest BCUT2D eigenvalue weighted by Gasteiger charge is 2.16. The fourth-order valence-electron chi connectivity index (χ4n) is 1.37. The van der Waals surface area contributed by atoms with Crippen molar-refractivity contribution in [3.8, 4) is 5.75 Å². The Labute approximate surface area is 87.6 Å². The Hall–Kier alpha value is -2.10. The van der Waals surface area contributed by atoms with E-state index in [9.17, 15) is 10.1 Å². The van der Waals surface area contributed by atoms with E-state index in [4.69, 9.17) is 4.74 Å². The summed E-state index contributed by atoms with van der Waals surface area (Å²) in [6, 6.07) is 2.94. The molecule has 0 unspecified atom stereocenters. The maximum Gasteiger partial charge on any atom is 0.277 e. The molecule has 0 aliphatic carbocycles. The maximum atomic E-state index is 10.7.